The lowest BCUT2D eigenvalue weighted by Gasteiger charge is -2.20. The molecule has 1 saturated heterocycles. The van der Waals surface area contributed by atoms with Crippen LogP contribution in [-0.2, 0) is 6.42 Å². The second kappa shape index (κ2) is 6.85. The van der Waals surface area contributed by atoms with Gasteiger partial charge in [0, 0.05) is 23.0 Å². The Morgan fingerprint density at radius 1 is 1.35 bits per heavy atom. The van der Waals surface area contributed by atoms with Gasteiger partial charge in [-0.05, 0) is 57.5 Å². The van der Waals surface area contributed by atoms with Crippen LogP contribution in [0.25, 0.3) is 22.2 Å². The molecule has 2 aromatic heterocycles. The second-order valence-electron chi connectivity index (χ2n) is 7.04. The monoisotopic (exact) mass is 357 g/mol. The van der Waals surface area contributed by atoms with E-state index in [-0.39, 0.29) is 5.82 Å². The van der Waals surface area contributed by atoms with Crippen LogP contribution in [0.4, 0.5) is 4.39 Å². The van der Waals surface area contributed by atoms with Crippen LogP contribution in [-0.4, -0.2) is 39.8 Å². The summed E-state index contributed by atoms with van der Waals surface area (Å²) in [6.45, 7) is 6.42. The van der Waals surface area contributed by atoms with Crippen molar-refractivity contribution in [3.05, 3.63) is 41.0 Å². The van der Waals surface area contributed by atoms with Crippen LogP contribution in [0.2, 0.25) is 0 Å². The van der Waals surface area contributed by atoms with E-state index in [0.29, 0.717) is 17.7 Å². The lowest BCUT2D eigenvalue weighted by atomic mass is 9.98. The summed E-state index contributed by atoms with van der Waals surface area (Å²) in [6.07, 6.45) is 2.33. The molecule has 1 atom stereocenters. The Morgan fingerprint density at radius 2 is 2.12 bits per heavy atom. The van der Waals surface area contributed by atoms with Crippen LogP contribution < -0.4 is 0 Å². The quantitative estimate of drug-likeness (QED) is 0.725. The number of aliphatic hydroxyl groups is 1. The number of β-amino-alcohol motifs (C(OH)–C–C–N with tert-alkyl or cyclic N) is 1. The molecule has 5 nitrogen and oxygen atoms in total. The maximum atomic E-state index is 13.9. The number of hydrogen-bond donors (Lipinski definition) is 2. The van der Waals surface area contributed by atoms with Crippen LogP contribution in [0.5, 0.6) is 0 Å². The molecule has 1 fully saturated rings. The third-order valence-electron chi connectivity index (χ3n) is 5.28. The zero-order chi connectivity index (χ0) is 18.3. The maximum absolute atomic E-state index is 13.9. The molecule has 0 spiro atoms. The van der Waals surface area contributed by atoms with E-state index in [1.54, 1.807) is 6.07 Å². The molecule has 138 valence electrons. The summed E-state index contributed by atoms with van der Waals surface area (Å²) in [5.74, 6) is 0.388. The number of nitrogens with one attached hydrogen (secondary N) is 1. The van der Waals surface area contributed by atoms with Crippen LogP contribution in [0.1, 0.15) is 42.9 Å². The van der Waals surface area contributed by atoms with E-state index in [1.807, 2.05) is 13.8 Å². The van der Waals surface area contributed by atoms with Gasteiger partial charge >= 0.3 is 0 Å². The molecule has 3 heterocycles. The number of aromatic amines is 1. The minimum absolute atomic E-state index is 0.310. The fourth-order valence-corrected chi connectivity index (χ4v) is 4.01. The number of rotatable bonds is 5. The molecule has 1 aliphatic rings. The summed E-state index contributed by atoms with van der Waals surface area (Å²) in [4.78, 5) is 5.63. The van der Waals surface area contributed by atoms with Gasteiger partial charge in [-0.15, -0.1) is 0 Å². The molecule has 1 aromatic carbocycles. The van der Waals surface area contributed by atoms with Crippen molar-refractivity contribution in [2.45, 2.75) is 39.2 Å². The Kier molecular flexibility index (Phi) is 4.54. The molecule has 26 heavy (non-hydrogen) atoms. The molecule has 0 bridgehead atoms. The average Bonchev–Trinajstić information content (AvgIpc) is 3.32. The minimum atomic E-state index is -0.711. The maximum Gasteiger partial charge on any atom is 0.143 e. The molecule has 6 heteroatoms. The Morgan fingerprint density at radius 3 is 2.85 bits per heavy atom. The molecule has 1 aliphatic heterocycles. The third kappa shape index (κ3) is 2.93. The summed E-state index contributed by atoms with van der Waals surface area (Å²) >= 11 is 0. The van der Waals surface area contributed by atoms with Crippen molar-refractivity contribution in [2.75, 3.05) is 19.6 Å². The number of hydrogen-bond acceptors (Lipinski definition) is 4. The van der Waals surface area contributed by atoms with Crippen LogP contribution in [0.3, 0.4) is 0 Å². The number of aliphatic hydroxyl groups excluding tert-OH is 1. The molecule has 2 N–H and O–H groups in total. The van der Waals surface area contributed by atoms with Gasteiger partial charge in [0.1, 0.15) is 11.6 Å². The van der Waals surface area contributed by atoms with Gasteiger partial charge in [-0.2, -0.15) is 0 Å². The molecule has 3 aromatic rings. The molecule has 0 amide bonds. The minimum Gasteiger partial charge on any atom is -0.387 e. The first-order valence-electron chi connectivity index (χ1n) is 9.25. The van der Waals surface area contributed by atoms with Crippen LogP contribution in [0.15, 0.2) is 22.7 Å². The predicted molar refractivity (Wildman–Crippen MR) is 98.5 cm³/mol. The summed E-state index contributed by atoms with van der Waals surface area (Å²) < 4.78 is 19.3. The van der Waals surface area contributed by atoms with Crippen LogP contribution in [0, 0.1) is 12.7 Å². The standard InChI is InChI=1S/C20H24FN3O2/c1-3-15-18(12(2)26-23-15)20-19(17(25)11-24-8-4-5-9-24)14-10-13(21)6-7-16(14)22-20/h6-7,10,17,22,25H,3-5,8-9,11H2,1-2H3. The van der Waals surface area contributed by atoms with Gasteiger partial charge in [-0.25, -0.2) is 4.39 Å². The zero-order valence-electron chi connectivity index (χ0n) is 15.2. The molecule has 0 radical (unpaired) electrons. The Bertz CT molecular complexity index is 925. The second-order valence-corrected chi connectivity index (χ2v) is 7.04. The summed E-state index contributed by atoms with van der Waals surface area (Å²) in [6, 6.07) is 4.64. The molecular weight excluding hydrogens is 333 g/mol. The van der Waals surface area contributed by atoms with Crippen molar-refractivity contribution in [1.82, 2.24) is 15.0 Å². The normalized spacial score (nSPS) is 16.6. The summed E-state index contributed by atoms with van der Waals surface area (Å²) in [5, 5.41) is 15.9. The van der Waals surface area contributed by atoms with Gasteiger partial charge in [0.05, 0.1) is 23.1 Å². The molecule has 4 rings (SSSR count). The lowest BCUT2D eigenvalue weighted by molar-refractivity contribution is 0.128. The fraction of sp³-hybridized carbons (Fsp3) is 0.450. The Labute approximate surface area is 151 Å². The number of likely N-dealkylation sites (tertiary alicyclic amines) is 1. The number of aryl methyl sites for hydroxylation is 2. The highest BCUT2D eigenvalue weighted by molar-refractivity contribution is 5.92. The smallest absolute Gasteiger partial charge is 0.143 e. The summed E-state index contributed by atoms with van der Waals surface area (Å²) in [7, 11) is 0. The Balaban J connectivity index is 1.87. The van der Waals surface area contributed by atoms with Crippen molar-refractivity contribution < 1.29 is 14.0 Å². The van der Waals surface area contributed by atoms with Gasteiger partial charge in [0.25, 0.3) is 0 Å². The fourth-order valence-electron chi connectivity index (χ4n) is 4.01. The van der Waals surface area contributed by atoms with E-state index >= 15 is 0 Å². The largest absolute Gasteiger partial charge is 0.387 e. The topological polar surface area (TPSA) is 65.3 Å². The number of H-pyrrole nitrogens is 1. The van der Waals surface area contributed by atoms with E-state index in [9.17, 15) is 9.50 Å². The van der Waals surface area contributed by atoms with Crippen molar-refractivity contribution in [3.63, 3.8) is 0 Å². The van der Waals surface area contributed by atoms with E-state index in [1.165, 1.54) is 12.1 Å². The third-order valence-corrected chi connectivity index (χ3v) is 5.28. The van der Waals surface area contributed by atoms with E-state index < -0.39 is 6.10 Å². The number of fused-ring (bicyclic) bond motifs is 1. The lowest BCUT2D eigenvalue weighted by Crippen LogP contribution is -2.25. The molecule has 0 saturated carbocycles. The van der Waals surface area contributed by atoms with Gasteiger partial charge in [-0.3, -0.25) is 0 Å². The van der Waals surface area contributed by atoms with Gasteiger partial charge in [0.15, 0.2) is 0 Å². The molecular formula is C20H24FN3O2. The number of halogens is 1. The van der Waals surface area contributed by atoms with E-state index in [4.69, 9.17) is 4.52 Å². The zero-order valence-corrected chi connectivity index (χ0v) is 15.2. The van der Waals surface area contributed by atoms with E-state index in [2.05, 4.69) is 15.0 Å². The van der Waals surface area contributed by atoms with Crippen molar-refractivity contribution >= 4 is 10.9 Å². The average molecular weight is 357 g/mol. The first kappa shape index (κ1) is 17.2. The summed E-state index contributed by atoms with van der Waals surface area (Å²) in [5.41, 5.74) is 4.03. The van der Waals surface area contributed by atoms with Gasteiger partial charge in [-0.1, -0.05) is 12.1 Å². The predicted octanol–water partition coefficient (Wildman–Crippen LogP) is 3.96. The van der Waals surface area contributed by atoms with E-state index in [0.717, 1.165) is 60.4 Å². The van der Waals surface area contributed by atoms with Gasteiger partial charge < -0.3 is 19.5 Å². The molecule has 1 unspecified atom stereocenters. The first-order chi connectivity index (χ1) is 12.6. The van der Waals surface area contributed by atoms with Crippen LogP contribution >= 0.6 is 0 Å². The highest BCUT2D eigenvalue weighted by atomic mass is 19.1. The molecule has 0 aliphatic carbocycles. The number of benzene rings is 1. The first-order valence-corrected chi connectivity index (χ1v) is 9.25. The van der Waals surface area contributed by atoms with Crippen molar-refractivity contribution in [2.24, 2.45) is 0 Å². The highest BCUT2D eigenvalue weighted by Gasteiger charge is 2.27. The SMILES string of the molecule is CCc1noc(C)c1-c1[nH]c2ccc(F)cc2c1C(O)CN1CCCC1. The number of nitrogens with zero attached hydrogens (tertiary/aromatic N) is 2. The van der Waals surface area contributed by atoms with Crippen molar-refractivity contribution in [3.8, 4) is 11.3 Å². The van der Waals surface area contributed by atoms with Crippen molar-refractivity contribution in [1.29, 1.82) is 0 Å². The van der Waals surface area contributed by atoms with Gasteiger partial charge in [0.2, 0.25) is 0 Å². The Hall–Kier alpha value is -2.18. The number of aromatic nitrogens is 2. The highest BCUT2D eigenvalue weighted by Crippen LogP contribution is 2.38.